The minimum absolute atomic E-state index is 0.0985. The Morgan fingerprint density at radius 1 is 1.11 bits per heavy atom. The Bertz CT molecular complexity index is 473. The molecule has 0 aliphatic heterocycles. The highest BCUT2D eigenvalue weighted by Crippen LogP contribution is 2.18. The molecule has 2 aromatic heterocycles. The second-order valence-corrected chi connectivity index (χ2v) is 4.48. The first kappa shape index (κ1) is 13.6. The van der Waals surface area contributed by atoms with Crippen LogP contribution in [0.2, 0.25) is 0 Å². The van der Waals surface area contributed by atoms with Crippen LogP contribution in [0.15, 0.2) is 48.8 Å². The fraction of sp³-hybridized carbons (Fsp3) is 0.333. The Labute approximate surface area is 113 Å². The van der Waals surface area contributed by atoms with E-state index in [1.165, 1.54) is 0 Å². The van der Waals surface area contributed by atoms with E-state index in [2.05, 4.69) is 9.97 Å². The van der Waals surface area contributed by atoms with E-state index < -0.39 is 0 Å². The Balaban J connectivity index is 1.92. The third kappa shape index (κ3) is 4.12. The molecule has 0 spiro atoms. The summed E-state index contributed by atoms with van der Waals surface area (Å²) in [4.78, 5) is 8.57. The third-order valence-corrected chi connectivity index (χ3v) is 2.84. The molecule has 0 aliphatic rings. The molecule has 2 atom stereocenters. The van der Waals surface area contributed by atoms with Crippen molar-refractivity contribution in [2.24, 2.45) is 5.73 Å². The summed E-state index contributed by atoms with van der Waals surface area (Å²) in [5, 5.41) is 0. The van der Waals surface area contributed by atoms with Gasteiger partial charge in [-0.05, 0) is 31.2 Å². The van der Waals surface area contributed by atoms with E-state index in [-0.39, 0.29) is 12.1 Å². The predicted molar refractivity (Wildman–Crippen MR) is 74.5 cm³/mol. The lowest BCUT2D eigenvalue weighted by Gasteiger charge is -2.20. The molecule has 0 saturated carbocycles. The fourth-order valence-corrected chi connectivity index (χ4v) is 1.89. The van der Waals surface area contributed by atoms with Crippen LogP contribution in [0, 0.1) is 0 Å². The number of aromatic nitrogens is 2. The second kappa shape index (κ2) is 6.97. The van der Waals surface area contributed by atoms with Crippen molar-refractivity contribution >= 4 is 0 Å². The van der Waals surface area contributed by atoms with Gasteiger partial charge in [0.25, 0.3) is 0 Å². The molecule has 0 saturated heterocycles. The van der Waals surface area contributed by atoms with Gasteiger partial charge in [0.15, 0.2) is 0 Å². The summed E-state index contributed by atoms with van der Waals surface area (Å²) in [6.45, 7) is 2.51. The topological polar surface area (TPSA) is 61.0 Å². The van der Waals surface area contributed by atoms with Crippen LogP contribution in [0.4, 0.5) is 0 Å². The summed E-state index contributed by atoms with van der Waals surface area (Å²) in [5.41, 5.74) is 7.86. The van der Waals surface area contributed by atoms with Gasteiger partial charge < -0.3 is 10.5 Å². The fourth-order valence-electron chi connectivity index (χ4n) is 1.89. The zero-order valence-corrected chi connectivity index (χ0v) is 11.1. The first-order chi connectivity index (χ1) is 9.27. The van der Waals surface area contributed by atoms with Gasteiger partial charge in [-0.2, -0.15) is 0 Å². The summed E-state index contributed by atoms with van der Waals surface area (Å²) in [6.07, 6.45) is 4.14. The van der Waals surface area contributed by atoms with Crippen molar-refractivity contribution in [2.75, 3.05) is 6.61 Å². The number of ether oxygens (including phenoxy) is 1. The molecule has 2 N–H and O–H groups in total. The highest BCUT2D eigenvalue weighted by atomic mass is 16.5. The maximum absolute atomic E-state index is 5.97. The molecule has 4 heteroatoms. The van der Waals surface area contributed by atoms with Gasteiger partial charge in [0.2, 0.25) is 0 Å². The van der Waals surface area contributed by atoms with E-state index in [4.69, 9.17) is 10.5 Å². The number of pyridine rings is 2. The minimum atomic E-state index is -0.176. The predicted octanol–water partition coefficient (Wildman–Crippen LogP) is 2.12. The van der Waals surface area contributed by atoms with Gasteiger partial charge in [-0.1, -0.05) is 12.1 Å². The lowest BCUT2D eigenvalue weighted by molar-refractivity contribution is 0.0371. The molecule has 0 fully saturated rings. The average Bonchev–Trinajstić information content (AvgIpc) is 2.45. The Hall–Kier alpha value is -1.78. The monoisotopic (exact) mass is 257 g/mol. The van der Waals surface area contributed by atoms with Crippen molar-refractivity contribution in [1.82, 2.24) is 9.97 Å². The van der Waals surface area contributed by atoms with Crippen LogP contribution in [0.3, 0.4) is 0 Å². The Kier molecular flexibility index (Phi) is 5.01. The van der Waals surface area contributed by atoms with E-state index in [0.29, 0.717) is 6.61 Å². The largest absolute Gasteiger partial charge is 0.370 e. The van der Waals surface area contributed by atoms with Crippen LogP contribution in [-0.4, -0.2) is 22.6 Å². The molecule has 0 aliphatic carbocycles. The van der Waals surface area contributed by atoms with Crippen LogP contribution in [0.1, 0.15) is 24.4 Å². The van der Waals surface area contributed by atoms with Crippen molar-refractivity contribution in [1.29, 1.82) is 0 Å². The SMILES string of the molecule is CC(N)C(OCCc1ccccn1)c1ccccn1. The van der Waals surface area contributed by atoms with Crippen LogP contribution < -0.4 is 5.73 Å². The van der Waals surface area contributed by atoms with Crippen molar-refractivity contribution in [2.45, 2.75) is 25.5 Å². The highest BCUT2D eigenvalue weighted by molar-refractivity contribution is 5.09. The average molecular weight is 257 g/mol. The van der Waals surface area contributed by atoms with E-state index >= 15 is 0 Å². The number of hydrogen-bond acceptors (Lipinski definition) is 4. The van der Waals surface area contributed by atoms with Gasteiger partial charge in [-0.3, -0.25) is 9.97 Å². The van der Waals surface area contributed by atoms with Gasteiger partial charge >= 0.3 is 0 Å². The van der Waals surface area contributed by atoms with E-state index in [1.807, 2.05) is 43.3 Å². The summed E-state index contributed by atoms with van der Waals surface area (Å²) in [5.74, 6) is 0. The molecule has 100 valence electrons. The maximum atomic E-state index is 5.97. The van der Waals surface area contributed by atoms with Crippen LogP contribution in [0.25, 0.3) is 0 Å². The number of hydrogen-bond donors (Lipinski definition) is 1. The van der Waals surface area contributed by atoms with E-state index in [1.54, 1.807) is 12.4 Å². The smallest absolute Gasteiger partial charge is 0.114 e. The number of rotatable bonds is 6. The van der Waals surface area contributed by atoms with Crippen LogP contribution in [-0.2, 0) is 11.2 Å². The molecule has 0 aromatic carbocycles. The standard InChI is InChI=1S/C15H19N3O/c1-12(16)15(14-7-3-5-10-18-14)19-11-8-13-6-2-4-9-17-13/h2-7,9-10,12,15H,8,11,16H2,1H3. The van der Waals surface area contributed by atoms with E-state index in [0.717, 1.165) is 17.8 Å². The van der Waals surface area contributed by atoms with Crippen molar-refractivity contribution < 1.29 is 4.74 Å². The maximum Gasteiger partial charge on any atom is 0.114 e. The molecule has 2 rings (SSSR count). The molecule has 2 aromatic rings. The number of nitrogens with zero attached hydrogens (tertiary/aromatic N) is 2. The molecular weight excluding hydrogens is 238 g/mol. The molecule has 0 bridgehead atoms. The molecule has 2 heterocycles. The number of nitrogens with two attached hydrogens (primary N) is 1. The molecular formula is C15H19N3O. The van der Waals surface area contributed by atoms with Gasteiger partial charge in [-0.15, -0.1) is 0 Å². The van der Waals surface area contributed by atoms with Crippen LogP contribution in [0.5, 0.6) is 0 Å². The van der Waals surface area contributed by atoms with Crippen LogP contribution >= 0.6 is 0 Å². The van der Waals surface area contributed by atoms with Gasteiger partial charge in [0.1, 0.15) is 6.10 Å². The summed E-state index contributed by atoms with van der Waals surface area (Å²) >= 11 is 0. The zero-order chi connectivity index (χ0) is 13.5. The summed E-state index contributed by atoms with van der Waals surface area (Å²) < 4.78 is 5.87. The van der Waals surface area contributed by atoms with Crippen molar-refractivity contribution in [3.05, 3.63) is 60.2 Å². The van der Waals surface area contributed by atoms with Crippen molar-refractivity contribution in [3.8, 4) is 0 Å². The molecule has 2 unspecified atom stereocenters. The quantitative estimate of drug-likeness (QED) is 0.861. The Morgan fingerprint density at radius 3 is 2.42 bits per heavy atom. The normalized spacial score (nSPS) is 14.0. The minimum Gasteiger partial charge on any atom is -0.370 e. The summed E-state index contributed by atoms with van der Waals surface area (Å²) in [6, 6.07) is 11.5. The molecule has 0 amide bonds. The van der Waals surface area contributed by atoms with Gasteiger partial charge in [0, 0.05) is 30.6 Å². The Morgan fingerprint density at radius 2 is 1.84 bits per heavy atom. The molecule has 4 nitrogen and oxygen atoms in total. The van der Waals surface area contributed by atoms with E-state index in [9.17, 15) is 0 Å². The molecule has 19 heavy (non-hydrogen) atoms. The second-order valence-electron chi connectivity index (χ2n) is 4.48. The summed E-state index contributed by atoms with van der Waals surface area (Å²) in [7, 11) is 0. The third-order valence-electron chi connectivity index (χ3n) is 2.84. The van der Waals surface area contributed by atoms with Gasteiger partial charge in [-0.25, -0.2) is 0 Å². The van der Waals surface area contributed by atoms with Crippen molar-refractivity contribution in [3.63, 3.8) is 0 Å². The first-order valence-electron chi connectivity index (χ1n) is 6.45. The lowest BCUT2D eigenvalue weighted by atomic mass is 10.1. The van der Waals surface area contributed by atoms with Gasteiger partial charge in [0.05, 0.1) is 12.3 Å². The zero-order valence-electron chi connectivity index (χ0n) is 11.1. The lowest BCUT2D eigenvalue weighted by Crippen LogP contribution is -2.28. The highest BCUT2D eigenvalue weighted by Gasteiger charge is 2.17. The first-order valence-corrected chi connectivity index (χ1v) is 6.45. The molecule has 0 radical (unpaired) electrons.